The highest BCUT2D eigenvalue weighted by atomic mass is 19.2. The summed E-state index contributed by atoms with van der Waals surface area (Å²) in [6.07, 6.45) is 8.15. The summed E-state index contributed by atoms with van der Waals surface area (Å²) in [5, 5.41) is 11.2. The van der Waals surface area contributed by atoms with E-state index in [0.717, 1.165) is 12.8 Å². The topological polar surface area (TPSA) is 29.5 Å². The van der Waals surface area contributed by atoms with Crippen LogP contribution >= 0.6 is 0 Å². The number of halogens is 3. The quantitative estimate of drug-likeness (QED) is 0.300. The first-order chi connectivity index (χ1) is 17.4. The third-order valence-corrected chi connectivity index (χ3v) is 7.51. The van der Waals surface area contributed by atoms with Crippen molar-refractivity contribution in [2.24, 2.45) is 5.92 Å². The van der Waals surface area contributed by atoms with Crippen LogP contribution in [-0.4, -0.2) is 11.7 Å². The lowest BCUT2D eigenvalue weighted by atomic mass is 9.73. The highest BCUT2D eigenvalue weighted by molar-refractivity contribution is 5.71. The minimum atomic E-state index is -1.02. The van der Waals surface area contributed by atoms with Gasteiger partial charge in [0.15, 0.2) is 11.6 Å². The maximum Gasteiger partial charge on any atom is 0.201 e. The van der Waals surface area contributed by atoms with E-state index in [2.05, 4.69) is 6.92 Å². The molecule has 1 N–H and O–H groups in total. The zero-order valence-corrected chi connectivity index (χ0v) is 21.1. The smallest absolute Gasteiger partial charge is 0.201 e. The zero-order chi connectivity index (χ0) is 25.7. The Morgan fingerprint density at radius 1 is 0.833 bits per heavy atom. The maximum absolute atomic E-state index is 15.2. The molecular weight excluding hydrogens is 461 g/mol. The van der Waals surface area contributed by atoms with Crippen molar-refractivity contribution in [1.82, 2.24) is 0 Å². The molecule has 2 nitrogen and oxygen atoms in total. The summed E-state index contributed by atoms with van der Waals surface area (Å²) in [7, 11) is 0. The van der Waals surface area contributed by atoms with Gasteiger partial charge in [-0.2, -0.15) is 4.39 Å². The molecule has 0 aliphatic heterocycles. The number of aliphatic hydroxyl groups is 1. The summed E-state index contributed by atoms with van der Waals surface area (Å²) in [6, 6.07) is 14.5. The lowest BCUT2D eigenvalue weighted by Crippen LogP contribution is -2.31. The molecule has 36 heavy (non-hydrogen) atoms. The van der Waals surface area contributed by atoms with Gasteiger partial charge in [-0.15, -0.1) is 0 Å². The molecular formula is C31H35F3O2. The molecule has 0 amide bonds. The van der Waals surface area contributed by atoms with Gasteiger partial charge in [0.2, 0.25) is 5.82 Å². The molecule has 1 saturated carbocycles. The molecule has 4 rings (SSSR count). The molecule has 0 bridgehead atoms. The second-order valence-electron chi connectivity index (χ2n) is 9.91. The van der Waals surface area contributed by atoms with Gasteiger partial charge in [-0.25, -0.2) is 8.78 Å². The van der Waals surface area contributed by atoms with Crippen LogP contribution < -0.4 is 4.74 Å². The summed E-state index contributed by atoms with van der Waals surface area (Å²) in [6.45, 7) is 4.15. The van der Waals surface area contributed by atoms with E-state index in [-0.39, 0.29) is 17.9 Å². The molecule has 3 aromatic rings. The monoisotopic (exact) mass is 496 g/mol. The zero-order valence-electron chi connectivity index (χ0n) is 21.1. The van der Waals surface area contributed by atoms with Gasteiger partial charge < -0.3 is 9.84 Å². The van der Waals surface area contributed by atoms with Crippen LogP contribution in [0.3, 0.4) is 0 Å². The fourth-order valence-corrected chi connectivity index (χ4v) is 5.31. The van der Waals surface area contributed by atoms with Crippen LogP contribution in [0.5, 0.6) is 5.75 Å². The van der Waals surface area contributed by atoms with Crippen LogP contribution in [0.1, 0.15) is 70.8 Å². The van der Waals surface area contributed by atoms with Crippen LogP contribution in [-0.2, 0) is 5.60 Å². The summed E-state index contributed by atoms with van der Waals surface area (Å²) >= 11 is 0. The fraction of sp³-hybridized carbons (Fsp3) is 0.419. The standard InChI is InChI=1S/C31H35F3O2/c1-3-5-6-7-21-16-18-31(35,19-17-21)24-12-13-25(27(32)20-24)22-8-10-23(11-9-22)26-14-15-28(36-4-2)30(34)29(26)33/h8-15,20-21,35H,3-7,16-19H2,1-2H3. The van der Waals surface area contributed by atoms with Gasteiger partial charge in [-0.1, -0.05) is 69.0 Å². The van der Waals surface area contributed by atoms with Crippen LogP contribution in [0.2, 0.25) is 0 Å². The van der Waals surface area contributed by atoms with E-state index in [0.29, 0.717) is 41.0 Å². The molecule has 0 atom stereocenters. The van der Waals surface area contributed by atoms with Crippen molar-refractivity contribution >= 4 is 0 Å². The molecule has 0 spiro atoms. The third kappa shape index (κ3) is 5.62. The van der Waals surface area contributed by atoms with Crippen molar-refractivity contribution in [3.05, 3.63) is 77.6 Å². The molecule has 1 aliphatic carbocycles. The van der Waals surface area contributed by atoms with E-state index in [1.54, 1.807) is 37.3 Å². The lowest BCUT2D eigenvalue weighted by molar-refractivity contribution is -0.0156. The molecule has 0 heterocycles. The molecule has 1 fully saturated rings. The summed E-state index contributed by atoms with van der Waals surface area (Å²) in [5.41, 5.74) is 1.27. The molecule has 0 radical (unpaired) electrons. The van der Waals surface area contributed by atoms with Gasteiger partial charge in [0, 0.05) is 11.1 Å². The van der Waals surface area contributed by atoms with Crippen molar-refractivity contribution in [2.75, 3.05) is 6.61 Å². The molecule has 0 unspecified atom stereocenters. The van der Waals surface area contributed by atoms with E-state index < -0.39 is 23.1 Å². The Balaban J connectivity index is 1.48. The highest BCUT2D eigenvalue weighted by Crippen LogP contribution is 2.42. The number of hydrogen-bond acceptors (Lipinski definition) is 2. The first kappa shape index (κ1) is 26.3. The predicted octanol–water partition coefficient (Wildman–Crippen LogP) is 8.79. The van der Waals surface area contributed by atoms with Crippen molar-refractivity contribution in [3.63, 3.8) is 0 Å². The lowest BCUT2D eigenvalue weighted by Gasteiger charge is -2.36. The highest BCUT2D eigenvalue weighted by Gasteiger charge is 2.35. The van der Waals surface area contributed by atoms with Crippen LogP contribution in [0.4, 0.5) is 13.2 Å². The van der Waals surface area contributed by atoms with Crippen LogP contribution in [0.25, 0.3) is 22.3 Å². The van der Waals surface area contributed by atoms with Gasteiger partial charge in [-0.05, 0) is 73.4 Å². The van der Waals surface area contributed by atoms with Crippen LogP contribution in [0.15, 0.2) is 54.6 Å². The molecule has 192 valence electrons. The number of benzene rings is 3. The molecule has 0 saturated heterocycles. The fourth-order valence-electron chi connectivity index (χ4n) is 5.31. The molecule has 0 aromatic heterocycles. The normalized spacial score (nSPS) is 19.9. The van der Waals surface area contributed by atoms with Crippen molar-refractivity contribution in [3.8, 4) is 28.0 Å². The second kappa shape index (κ2) is 11.5. The second-order valence-corrected chi connectivity index (χ2v) is 9.91. The Kier molecular flexibility index (Phi) is 8.40. The first-order valence-corrected chi connectivity index (χ1v) is 13.1. The molecule has 1 aliphatic rings. The summed E-state index contributed by atoms with van der Waals surface area (Å²) in [5.74, 6) is -1.88. The first-order valence-electron chi connectivity index (χ1n) is 13.1. The minimum absolute atomic E-state index is 0.117. The van der Waals surface area contributed by atoms with E-state index in [1.807, 2.05) is 6.07 Å². The molecule has 3 aromatic carbocycles. The maximum atomic E-state index is 15.2. The Morgan fingerprint density at radius 3 is 2.08 bits per heavy atom. The Labute approximate surface area is 212 Å². The van der Waals surface area contributed by atoms with Gasteiger partial charge >= 0.3 is 0 Å². The van der Waals surface area contributed by atoms with Gasteiger partial charge in [0.25, 0.3) is 0 Å². The van der Waals surface area contributed by atoms with E-state index in [4.69, 9.17) is 4.74 Å². The van der Waals surface area contributed by atoms with Gasteiger partial charge in [0.1, 0.15) is 5.82 Å². The third-order valence-electron chi connectivity index (χ3n) is 7.51. The number of hydrogen-bond donors (Lipinski definition) is 1. The largest absolute Gasteiger partial charge is 0.491 e. The number of unbranched alkanes of at least 4 members (excludes halogenated alkanes) is 2. The van der Waals surface area contributed by atoms with Crippen molar-refractivity contribution < 1.29 is 23.0 Å². The Morgan fingerprint density at radius 2 is 1.47 bits per heavy atom. The average molecular weight is 497 g/mol. The Bertz CT molecular complexity index is 1170. The minimum Gasteiger partial charge on any atom is -0.491 e. The summed E-state index contributed by atoms with van der Waals surface area (Å²) in [4.78, 5) is 0. The average Bonchev–Trinajstić information content (AvgIpc) is 2.89. The van der Waals surface area contributed by atoms with Crippen molar-refractivity contribution in [2.45, 2.75) is 70.8 Å². The predicted molar refractivity (Wildman–Crippen MR) is 138 cm³/mol. The number of rotatable bonds is 9. The Hall–Kier alpha value is -2.79. The van der Waals surface area contributed by atoms with Gasteiger partial charge in [-0.3, -0.25) is 0 Å². The van der Waals surface area contributed by atoms with Crippen molar-refractivity contribution in [1.29, 1.82) is 0 Å². The van der Waals surface area contributed by atoms with E-state index in [1.165, 1.54) is 43.9 Å². The number of ether oxygens (including phenoxy) is 1. The van der Waals surface area contributed by atoms with E-state index in [9.17, 15) is 13.9 Å². The molecule has 5 heteroatoms. The summed E-state index contributed by atoms with van der Waals surface area (Å²) < 4.78 is 49.1. The van der Waals surface area contributed by atoms with Crippen LogP contribution in [0, 0.1) is 23.4 Å². The van der Waals surface area contributed by atoms with Gasteiger partial charge in [0.05, 0.1) is 12.2 Å². The van der Waals surface area contributed by atoms with E-state index >= 15 is 4.39 Å². The SMILES string of the molecule is CCCCCC1CCC(O)(c2ccc(-c3ccc(-c4ccc(OCC)c(F)c4F)cc3)c(F)c2)CC1.